The van der Waals surface area contributed by atoms with E-state index in [0.29, 0.717) is 13.2 Å². The minimum Gasteiger partial charge on any atom is -0.465 e. The summed E-state index contributed by atoms with van der Waals surface area (Å²) in [4.78, 5) is 12.6. The summed E-state index contributed by atoms with van der Waals surface area (Å²) in [5, 5.41) is 0. The van der Waals surface area contributed by atoms with Crippen LogP contribution in [0.5, 0.6) is 0 Å². The third kappa shape index (κ3) is 3.89. The Kier molecular flexibility index (Phi) is 6.44. The van der Waals surface area contributed by atoms with E-state index in [-0.39, 0.29) is 12.1 Å². The predicted octanol–water partition coefficient (Wildman–Crippen LogP) is 4.50. The molecule has 1 saturated carbocycles. The van der Waals surface area contributed by atoms with Gasteiger partial charge in [0.05, 0.1) is 24.7 Å². The number of benzene rings is 1. The van der Waals surface area contributed by atoms with E-state index in [1.54, 1.807) is 0 Å². The molecule has 3 heteroatoms. The maximum absolute atomic E-state index is 12.6. The Morgan fingerprint density at radius 2 is 2.05 bits per heavy atom. The Bertz CT molecular complexity index is 457. The zero-order valence-electron chi connectivity index (χ0n) is 13.8. The lowest BCUT2D eigenvalue weighted by Crippen LogP contribution is -2.41. The van der Waals surface area contributed by atoms with Crippen molar-refractivity contribution in [2.24, 2.45) is 5.41 Å². The van der Waals surface area contributed by atoms with Crippen LogP contribution in [0.25, 0.3) is 0 Å². The van der Waals surface area contributed by atoms with Crippen LogP contribution in [-0.4, -0.2) is 18.7 Å². The molecule has 0 radical (unpaired) electrons. The van der Waals surface area contributed by atoms with Crippen molar-refractivity contribution in [3.05, 3.63) is 35.9 Å². The van der Waals surface area contributed by atoms with E-state index in [1.807, 2.05) is 25.1 Å². The molecular formula is C19H28O3. The summed E-state index contributed by atoms with van der Waals surface area (Å²) < 4.78 is 11.6. The second-order valence-corrected chi connectivity index (χ2v) is 6.16. The van der Waals surface area contributed by atoms with Gasteiger partial charge in [0, 0.05) is 0 Å². The number of hydrogen-bond acceptors (Lipinski definition) is 3. The van der Waals surface area contributed by atoms with Crippen molar-refractivity contribution in [1.29, 1.82) is 0 Å². The number of carbonyl (C=O) groups excluding carboxylic acids is 1. The van der Waals surface area contributed by atoms with Gasteiger partial charge in [0.1, 0.15) is 0 Å². The van der Waals surface area contributed by atoms with Gasteiger partial charge in [-0.1, -0.05) is 50.1 Å². The molecule has 0 amide bonds. The average molecular weight is 304 g/mol. The van der Waals surface area contributed by atoms with Crippen LogP contribution in [0, 0.1) is 5.41 Å². The van der Waals surface area contributed by atoms with E-state index in [4.69, 9.17) is 9.47 Å². The first kappa shape index (κ1) is 17.0. The molecule has 122 valence electrons. The molecule has 0 aliphatic heterocycles. The lowest BCUT2D eigenvalue weighted by Gasteiger charge is -2.33. The van der Waals surface area contributed by atoms with E-state index in [9.17, 15) is 4.79 Å². The van der Waals surface area contributed by atoms with Crippen molar-refractivity contribution in [3.63, 3.8) is 0 Å². The van der Waals surface area contributed by atoms with Crippen molar-refractivity contribution in [2.45, 2.75) is 65.1 Å². The summed E-state index contributed by atoms with van der Waals surface area (Å²) in [6.07, 6.45) is 5.89. The van der Waals surface area contributed by atoms with Gasteiger partial charge in [-0.05, 0) is 38.2 Å². The number of hydrogen-bond donors (Lipinski definition) is 0. The Morgan fingerprint density at radius 3 is 2.73 bits per heavy atom. The second-order valence-electron chi connectivity index (χ2n) is 6.16. The van der Waals surface area contributed by atoms with Gasteiger partial charge in [-0.15, -0.1) is 0 Å². The molecule has 0 spiro atoms. The average Bonchev–Trinajstić information content (AvgIpc) is 2.96. The SMILES string of the molecule is CCCCC1(C(=O)OCC)CCCC1OCc1ccccc1. The van der Waals surface area contributed by atoms with Crippen molar-refractivity contribution in [3.8, 4) is 0 Å². The highest BCUT2D eigenvalue weighted by atomic mass is 16.5. The molecule has 0 bridgehead atoms. The van der Waals surface area contributed by atoms with Crippen LogP contribution < -0.4 is 0 Å². The fraction of sp³-hybridized carbons (Fsp3) is 0.632. The van der Waals surface area contributed by atoms with Crippen molar-refractivity contribution in [1.82, 2.24) is 0 Å². The molecule has 1 aromatic carbocycles. The molecule has 1 aromatic rings. The lowest BCUT2D eigenvalue weighted by molar-refractivity contribution is -0.165. The quantitative estimate of drug-likeness (QED) is 0.664. The van der Waals surface area contributed by atoms with Gasteiger partial charge >= 0.3 is 5.97 Å². The first-order chi connectivity index (χ1) is 10.7. The molecule has 2 atom stereocenters. The first-order valence-electron chi connectivity index (χ1n) is 8.55. The second kappa shape index (κ2) is 8.33. The monoisotopic (exact) mass is 304 g/mol. The number of rotatable bonds is 8. The minimum atomic E-state index is -0.430. The van der Waals surface area contributed by atoms with Gasteiger partial charge in [-0.2, -0.15) is 0 Å². The van der Waals surface area contributed by atoms with Crippen molar-refractivity contribution < 1.29 is 14.3 Å². The molecule has 0 heterocycles. The number of esters is 1. The minimum absolute atomic E-state index is 0.0155. The third-order valence-electron chi connectivity index (χ3n) is 4.66. The molecule has 0 saturated heterocycles. The Balaban J connectivity index is 2.07. The molecule has 3 nitrogen and oxygen atoms in total. The van der Waals surface area contributed by atoms with Crippen LogP contribution in [0.4, 0.5) is 0 Å². The van der Waals surface area contributed by atoms with Gasteiger partial charge in [0.25, 0.3) is 0 Å². The molecule has 0 N–H and O–H groups in total. The first-order valence-corrected chi connectivity index (χ1v) is 8.55. The molecule has 1 aliphatic rings. The normalized spacial score (nSPS) is 24.4. The zero-order valence-corrected chi connectivity index (χ0v) is 13.8. The van der Waals surface area contributed by atoms with Crippen molar-refractivity contribution in [2.75, 3.05) is 6.61 Å². The maximum atomic E-state index is 12.6. The van der Waals surface area contributed by atoms with Gasteiger partial charge in [-0.25, -0.2) is 0 Å². The summed E-state index contributed by atoms with van der Waals surface area (Å²) >= 11 is 0. The molecule has 1 fully saturated rings. The summed E-state index contributed by atoms with van der Waals surface area (Å²) in [6, 6.07) is 10.2. The van der Waals surface area contributed by atoms with E-state index in [2.05, 4.69) is 19.1 Å². The molecule has 2 unspecified atom stereocenters. The summed E-state index contributed by atoms with van der Waals surface area (Å²) in [6.45, 7) is 5.05. The topological polar surface area (TPSA) is 35.5 Å². The molecular weight excluding hydrogens is 276 g/mol. The third-order valence-corrected chi connectivity index (χ3v) is 4.66. The lowest BCUT2D eigenvalue weighted by atomic mass is 9.79. The fourth-order valence-electron chi connectivity index (χ4n) is 3.44. The van der Waals surface area contributed by atoms with Crippen LogP contribution >= 0.6 is 0 Å². The van der Waals surface area contributed by atoms with Gasteiger partial charge in [0.2, 0.25) is 0 Å². The molecule has 1 aliphatic carbocycles. The van der Waals surface area contributed by atoms with Crippen LogP contribution in [0.15, 0.2) is 30.3 Å². The van der Waals surface area contributed by atoms with Crippen LogP contribution in [-0.2, 0) is 20.9 Å². The smallest absolute Gasteiger partial charge is 0.314 e. The van der Waals surface area contributed by atoms with Crippen LogP contribution in [0.1, 0.15) is 57.9 Å². The number of ether oxygens (including phenoxy) is 2. The molecule has 2 rings (SSSR count). The zero-order chi connectivity index (χ0) is 15.8. The highest BCUT2D eigenvalue weighted by Crippen LogP contribution is 2.45. The van der Waals surface area contributed by atoms with E-state index >= 15 is 0 Å². The van der Waals surface area contributed by atoms with E-state index in [0.717, 1.165) is 44.1 Å². The van der Waals surface area contributed by atoms with E-state index in [1.165, 1.54) is 0 Å². The van der Waals surface area contributed by atoms with Crippen molar-refractivity contribution >= 4 is 5.97 Å². The van der Waals surface area contributed by atoms with E-state index < -0.39 is 5.41 Å². The summed E-state index contributed by atoms with van der Waals surface area (Å²) in [5.41, 5.74) is 0.725. The maximum Gasteiger partial charge on any atom is 0.314 e. The van der Waals surface area contributed by atoms with Crippen LogP contribution in [0.3, 0.4) is 0 Å². The van der Waals surface area contributed by atoms with Gasteiger partial charge < -0.3 is 9.47 Å². The Hall–Kier alpha value is -1.35. The molecule has 22 heavy (non-hydrogen) atoms. The Labute approximate surface area is 134 Å². The summed E-state index contributed by atoms with van der Waals surface area (Å²) in [5.74, 6) is -0.0565. The number of unbranched alkanes of at least 4 members (excludes halogenated alkanes) is 1. The van der Waals surface area contributed by atoms with Gasteiger partial charge in [0.15, 0.2) is 0 Å². The van der Waals surface area contributed by atoms with Crippen LogP contribution in [0.2, 0.25) is 0 Å². The largest absolute Gasteiger partial charge is 0.465 e. The summed E-state index contributed by atoms with van der Waals surface area (Å²) in [7, 11) is 0. The fourth-order valence-corrected chi connectivity index (χ4v) is 3.44. The standard InChI is InChI=1S/C19H28O3/c1-3-5-13-19(18(20)21-4-2)14-9-12-17(19)22-15-16-10-7-6-8-11-16/h6-8,10-11,17H,3-5,9,12-15H2,1-2H3. The predicted molar refractivity (Wildman–Crippen MR) is 87.5 cm³/mol. The highest BCUT2D eigenvalue weighted by molar-refractivity contribution is 5.78. The molecule has 0 aromatic heterocycles. The Morgan fingerprint density at radius 1 is 1.27 bits per heavy atom. The highest BCUT2D eigenvalue weighted by Gasteiger charge is 2.50. The van der Waals surface area contributed by atoms with Gasteiger partial charge in [-0.3, -0.25) is 4.79 Å². The number of carbonyl (C=O) groups is 1.